The van der Waals surface area contributed by atoms with E-state index in [0.717, 1.165) is 16.8 Å². The van der Waals surface area contributed by atoms with E-state index in [9.17, 15) is 4.79 Å². The molecule has 0 saturated carbocycles. The number of carbonyl (C=O) groups excluding carboxylic acids is 1. The first kappa shape index (κ1) is 21.2. The molecular formula is C26H25N3O3. The number of benzene rings is 3. The first-order chi connectivity index (χ1) is 15.6. The molecule has 1 heterocycles. The average Bonchev–Trinajstić information content (AvgIpc) is 3.30. The summed E-state index contributed by atoms with van der Waals surface area (Å²) in [5.41, 5.74) is 3.70. The van der Waals surface area contributed by atoms with E-state index in [1.54, 1.807) is 25.1 Å². The number of carbonyl (C=O) groups is 1. The fraction of sp³-hybridized carbons (Fsp3) is 0.154. The molecule has 162 valence electrons. The molecule has 6 heteroatoms. The quantitative estimate of drug-likeness (QED) is 0.448. The molecule has 6 nitrogen and oxygen atoms in total. The van der Waals surface area contributed by atoms with Gasteiger partial charge < -0.3 is 14.8 Å². The van der Waals surface area contributed by atoms with Gasteiger partial charge in [-0.05, 0) is 37.3 Å². The Labute approximate surface area is 187 Å². The van der Waals surface area contributed by atoms with Crippen LogP contribution < -0.4 is 14.8 Å². The zero-order valence-corrected chi connectivity index (χ0v) is 18.3. The molecule has 4 rings (SSSR count). The van der Waals surface area contributed by atoms with E-state index in [0.29, 0.717) is 22.8 Å². The normalized spacial score (nSPS) is 11.6. The number of ether oxygens (including phenoxy) is 2. The lowest BCUT2D eigenvalue weighted by atomic mass is 10.0. The number of nitrogens with one attached hydrogen (secondary N) is 1. The Morgan fingerprint density at radius 1 is 0.938 bits per heavy atom. The third-order valence-electron chi connectivity index (χ3n) is 5.28. The molecule has 4 aromatic rings. The Morgan fingerprint density at radius 3 is 2.28 bits per heavy atom. The van der Waals surface area contributed by atoms with Gasteiger partial charge in [0.25, 0.3) is 5.91 Å². The van der Waals surface area contributed by atoms with Gasteiger partial charge in [0, 0.05) is 17.3 Å². The van der Waals surface area contributed by atoms with Crippen molar-refractivity contribution < 1.29 is 14.3 Å². The predicted octanol–water partition coefficient (Wildman–Crippen LogP) is 5.05. The van der Waals surface area contributed by atoms with E-state index in [-0.39, 0.29) is 11.9 Å². The zero-order valence-electron chi connectivity index (χ0n) is 18.3. The fourth-order valence-electron chi connectivity index (χ4n) is 3.59. The highest BCUT2D eigenvalue weighted by molar-refractivity contribution is 6.00. The minimum atomic E-state index is -0.309. The van der Waals surface area contributed by atoms with E-state index in [1.165, 1.54) is 0 Å². The van der Waals surface area contributed by atoms with Crippen molar-refractivity contribution in [2.24, 2.45) is 0 Å². The standard InChI is InChI=1S/C26H25N3O3/c1-18(22-16-21(31-2)14-15-24(22)32-3)27-26(30)23-17-29(20-12-8-5-9-13-20)28-25(23)19-10-6-4-7-11-19/h4-18H,1-3H3,(H,27,30). The molecule has 0 fully saturated rings. The van der Waals surface area contributed by atoms with Crippen LogP contribution in [-0.2, 0) is 0 Å². The van der Waals surface area contributed by atoms with Crippen LogP contribution in [0.1, 0.15) is 28.9 Å². The Hall–Kier alpha value is -4.06. The van der Waals surface area contributed by atoms with Crippen LogP contribution >= 0.6 is 0 Å². The molecule has 0 saturated heterocycles. The molecule has 3 aromatic carbocycles. The van der Waals surface area contributed by atoms with Crippen LogP contribution in [-0.4, -0.2) is 29.9 Å². The number of para-hydroxylation sites is 1. The van der Waals surface area contributed by atoms with Crippen LogP contribution in [0.15, 0.2) is 85.1 Å². The SMILES string of the molecule is COc1ccc(OC)c(C(C)NC(=O)c2cn(-c3ccccc3)nc2-c2ccccc2)c1. The lowest BCUT2D eigenvalue weighted by Gasteiger charge is -2.18. The number of aromatic nitrogens is 2. The summed E-state index contributed by atoms with van der Waals surface area (Å²) < 4.78 is 12.6. The monoisotopic (exact) mass is 427 g/mol. The lowest BCUT2D eigenvalue weighted by Crippen LogP contribution is -2.27. The van der Waals surface area contributed by atoms with Crippen LogP contribution in [0.2, 0.25) is 0 Å². The second-order valence-electron chi connectivity index (χ2n) is 7.34. The van der Waals surface area contributed by atoms with Crippen molar-refractivity contribution >= 4 is 5.91 Å². The molecule has 0 aliphatic heterocycles. The first-order valence-electron chi connectivity index (χ1n) is 10.3. The highest BCUT2D eigenvalue weighted by Gasteiger charge is 2.22. The number of rotatable bonds is 7. The van der Waals surface area contributed by atoms with Crippen molar-refractivity contribution in [1.29, 1.82) is 0 Å². The molecule has 1 amide bonds. The van der Waals surface area contributed by atoms with E-state index in [2.05, 4.69) is 5.32 Å². The number of amides is 1. The number of methoxy groups -OCH3 is 2. The average molecular weight is 428 g/mol. The minimum Gasteiger partial charge on any atom is -0.497 e. The maximum absolute atomic E-state index is 13.4. The minimum absolute atomic E-state index is 0.219. The van der Waals surface area contributed by atoms with E-state index in [1.807, 2.05) is 85.8 Å². The molecule has 1 N–H and O–H groups in total. The topological polar surface area (TPSA) is 65.4 Å². The van der Waals surface area contributed by atoms with Gasteiger partial charge in [-0.15, -0.1) is 0 Å². The summed E-state index contributed by atoms with van der Waals surface area (Å²) in [6.07, 6.45) is 1.77. The van der Waals surface area contributed by atoms with Crippen molar-refractivity contribution in [1.82, 2.24) is 15.1 Å². The number of nitrogens with zero attached hydrogens (tertiary/aromatic N) is 2. The van der Waals surface area contributed by atoms with Crippen molar-refractivity contribution in [3.8, 4) is 28.4 Å². The highest BCUT2D eigenvalue weighted by Crippen LogP contribution is 2.30. The van der Waals surface area contributed by atoms with E-state index in [4.69, 9.17) is 14.6 Å². The Morgan fingerprint density at radius 2 is 1.62 bits per heavy atom. The van der Waals surface area contributed by atoms with Gasteiger partial charge in [-0.1, -0.05) is 48.5 Å². The third kappa shape index (κ3) is 4.34. The summed E-state index contributed by atoms with van der Waals surface area (Å²) >= 11 is 0. The summed E-state index contributed by atoms with van der Waals surface area (Å²) in [5, 5.41) is 7.81. The van der Waals surface area contributed by atoms with Crippen molar-refractivity contribution in [2.45, 2.75) is 13.0 Å². The molecule has 0 radical (unpaired) electrons. The summed E-state index contributed by atoms with van der Waals surface area (Å²) in [6, 6.07) is 24.7. The van der Waals surface area contributed by atoms with Gasteiger partial charge in [0.2, 0.25) is 0 Å². The summed E-state index contributed by atoms with van der Waals surface area (Å²) in [5.74, 6) is 1.16. The van der Waals surface area contributed by atoms with Gasteiger partial charge in [-0.2, -0.15) is 5.10 Å². The summed E-state index contributed by atoms with van der Waals surface area (Å²) in [7, 11) is 3.22. The van der Waals surface area contributed by atoms with Gasteiger partial charge in [0.15, 0.2) is 0 Å². The van der Waals surface area contributed by atoms with Crippen LogP contribution in [0.4, 0.5) is 0 Å². The fourth-order valence-corrected chi connectivity index (χ4v) is 3.59. The molecule has 0 aliphatic carbocycles. The van der Waals surface area contributed by atoms with Crippen LogP contribution in [0.25, 0.3) is 16.9 Å². The molecule has 0 bridgehead atoms. The predicted molar refractivity (Wildman–Crippen MR) is 124 cm³/mol. The second-order valence-corrected chi connectivity index (χ2v) is 7.34. The number of hydrogen-bond donors (Lipinski definition) is 1. The summed E-state index contributed by atoms with van der Waals surface area (Å²) in [4.78, 5) is 13.4. The van der Waals surface area contributed by atoms with Gasteiger partial charge >= 0.3 is 0 Å². The maximum Gasteiger partial charge on any atom is 0.255 e. The highest BCUT2D eigenvalue weighted by atomic mass is 16.5. The lowest BCUT2D eigenvalue weighted by molar-refractivity contribution is 0.0940. The largest absolute Gasteiger partial charge is 0.497 e. The Balaban J connectivity index is 1.70. The van der Waals surface area contributed by atoms with Gasteiger partial charge in [-0.3, -0.25) is 4.79 Å². The molecule has 0 aliphatic rings. The van der Waals surface area contributed by atoms with Crippen LogP contribution in [0, 0.1) is 0 Å². The zero-order chi connectivity index (χ0) is 22.5. The molecule has 1 unspecified atom stereocenters. The van der Waals surface area contributed by atoms with E-state index >= 15 is 0 Å². The van der Waals surface area contributed by atoms with Gasteiger partial charge in [0.1, 0.15) is 17.2 Å². The summed E-state index contributed by atoms with van der Waals surface area (Å²) in [6.45, 7) is 1.92. The van der Waals surface area contributed by atoms with E-state index < -0.39 is 0 Å². The Kier molecular flexibility index (Phi) is 6.22. The smallest absolute Gasteiger partial charge is 0.255 e. The van der Waals surface area contributed by atoms with Crippen LogP contribution in [0.3, 0.4) is 0 Å². The molecular weight excluding hydrogens is 402 g/mol. The van der Waals surface area contributed by atoms with Gasteiger partial charge in [0.05, 0.1) is 31.5 Å². The third-order valence-corrected chi connectivity index (χ3v) is 5.28. The van der Waals surface area contributed by atoms with Crippen molar-refractivity contribution in [2.75, 3.05) is 14.2 Å². The van der Waals surface area contributed by atoms with Crippen molar-refractivity contribution in [3.05, 3.63) is 96.2 Å². The molecule has 0 spiro atoms. The maximum atomic E-state index is 13.4. The van der Waals surface area contributed by atoms with Crippen LogP contribution in [0.5, 0.6) is 11.5 Å². The van der Waals surface area contributed by atoms with Crippen molar-refractivity contribution in [3.63, 3.8) is 0 Å². The second kappa shape index (κ2) is 9.39. The molecule has 1 aromatic heterocycles. The molecule has 1 atom stereocenters. The molecule has 32 heavy (non-hydrogen) atoms. The first-order valence-corrected chi connectivity index (χ1v) is 10.3. The van der Waals surface area contributed by atoms with Gasteiger partial charge in [-0.25, -0.2) is 4.68 Å². The Bertz CT molecular complexity index is 1200. The number of hydrogen-bond acceptors (Lipinski definition) is 4.